The van der Waals surface area contributed by atoms with Crippen LogP contribution in [0.2, 0.25) is 12.1 Å². The summed E-state index contributed by atoms with van der Waals surface area (Å²) >= 11 is 0. The minimum atomic E-state index is 1.13. The van der Waals surface area contributed by atoms with Gasteiger partial charge in [-0.2, -0.15) is 0 Å². The Morgan fingerprint density at radius 2 is 1.50 bits per heavy atom. The molecule has 0 unspecified atom stereocenters. The highest BCUT2D eigenvalue weighted by Crippen LogP contribution is 1.94. The molecule has 4 radical (unpaired) electrons. The van der Waals surface area contributed by atoms with E-state index in [0.29, 0.717) is 0 Å². The third-order valence-electron chi connectivity index (χ3n) is 0.733. The molecule has 0 bridgehead atoms. The van der Waals surface area contributed by atoms with Gasteiger partial charge in [-0.1, -0.05) is 12.1 Å². The van der Waals surface area contributed by atoms with Crippen LogP contribution in [0.1, 0.15) is 0 Å². The fourth-order valence-electron chi connectivity index (χ4n) is 0.429. The largest absolute Gasteiger partial charge is 0.107 e. The van der Waals surface area contributed by atoms with E-state index in [1.165, 1.54) is 12.1 Å². The Morgan fingerprint density at radius 3 is 1.67 bits per heavy atom. The van der Waals surface area contributed by atoms with Gasteiger partial charge in [-0.25, -0.2) is 0 Å². The molecule has 1 rings (SSSR count). The lowest BCUT2D eigenvalue weighted by Gasteiger charge is -1.94. The number of hydrogen-bond donors (Lipinski definition) is 0. The maximum absolute atomic E-state index is 2.31. The quantitative estimate of drug-likeness (QED) is 0.403. The van der Waals surface area contributed by atoms with Crippen LogP contribution in [0.5, 0.6) is 0 Å². The molecule has 1 heterocycles. The molecule has 0 aromatic heterocycles. The van der Waals surface area contributed by atoms with Crippen LogP contribution < -0.4 is 0 Å². The van der Waals surface area contributed by atoms with Gasteiger partial charge in [0.15, 0.2) is 0 Å². The van der Waals surface area contributed by atoms with Crippen LogP contribution in [0.25, 0.3) is 0 Å². The molecule has 2 heteroatoms. The van der Waals surface area contributed by atoms with Crippen molar-refractivity contribution in [2.45, 2.75) is 12.1 Å². The van der Waals surface area contributed by atoms with Crippen molar-refractivity contribution >= 4 is 19.0 Å². The zero-order valence-corrected chi connectivity index (χ0v) is 5.57. The molecule has 0 fully saturated rings. The molecule has 0 amide bonds. The van der Waals surface area contributed by atoms with E-state index in [-0.39, 0.29) is 0 Å². The minimum absolute atomic E-state index is 1.13. The monoisotopic (exact) mass is 110 g/mol. The molecule has 30 valence electrons. The molecule has 0 aliphatic carbocycles. The molecule has 0 N–H and O–H groups in total. The van der Waals surface area contributed by atoms with Crippen molar-refractivity contribution in [1.29, 1.82) is 0 Å². The normalized spacial score (nSPS) is 21.3. The molecule has 0 nitrogen and oxygen atoms in total. The average Bonchev–Trinajstić information content (AvgIpc) is 1.72. The van der Waals surface area contributed by atoms with Crippen LogP contribution in [0, 0.1) is 0 Å². The maximum Gasteiger partial charge on any atom is 0.0690 e. The van der Waals surface area contributed by atoms with E-state index in [4.69, 9.17) is 0 Å². The average molecular weight is 110 g/mol. The Labute approximate surface area is 43.3 Å². The van der Waals surface area contributed by atoms with Gasteiger partial charge in [-0.15, -0.1) is 11.4 Å². The summed E-state index contributed by atoms with van der Waals surface area (Å²) in [5.41, 5.74) is 4.61. The minimum Gasteiger partial charge on any atom is -0.107 e. The van der Waals surface area contributed by atoms with E-state index < -0.39 is 0 Å². The summed E-state index contributed by atoms with van der Waals surface area (Å²) in [7, 11) is 2.26. The molecular weight excluding hydrogens is 104 g/mol. The van der Waals surface area contributed by atoms with Gasteiger partial charge >= 0.3 is 0 Å². The molecule has 0 saturated carbocycles. The molecule has 0 aromatic rings. The first-order chi connectivity index (χ1) is 3.00. The van der Waals surface area contributed by atoms with Gasteiger partial charge in [0.25, 0.3) is 0 Å². The Balaban J connectivity index is 2.26. The molecular formula is C4H6Si2. The summed E-state index contributed by atoms with van der Waals surface area (Å²) in [5, 5.41) is 0. The fourth-order valence-corrected chi connectivity index (χ4v) is 2.86. The van der Waals surface area contributed by atoms with Gasteiger partial charge in [0.1, 0.15) is 0 Å². The van der Waals surface area contributed by atoms with E-state index >= 15 is 0 Å². The zero-order chi connectivity index (χ0) is 4.24. The van der Waals surface area contributed by atoms with Crippen LogP contribution in [0.4, 0.5) is 0 Å². The van der Waals surface area contributed by atoms with Crippen molar-refractivity contribution in [2.24, 2.45) is 0 Å². The third kappa shape index (κ3) is 1.10. The van der Waals surface area contributed by atoms with Crippen molar-refractivity contribution in [1.82, 2.24) is 0 Å². The summed E-state index contributed by atoms with van der Waals surface area (Å²) in [5.74, 6) is 0. The van der Waals surface area contributed by atoms with Crippen molar-refractivity contribution < 1.29 is 0 Å². The Morgan fingerprint density at radius 1 is 1.00 bits per heavy atom. The van der Waals surface area contributed by atoms with Crippen LogP contribution in [0.3, 0.4) is 0 Å². The van der Waals surface area contributed by atoms with Crippen LogP contribution in [0.15, 0.2) is 11.4 Å². The summed E-state index contributed by atoms with van der Waals surface area (Å²) in [6.45, 7) is 0. The molecule has 1 aliphatic heterocycles. The van der Waals surface area contributed by atoms with E-state index in [1.54, 1.807) is 0 Å². The van der Waals surface area contributed by atoms with Gasteiger partial charge in [-0.3, -0.25) is 0 Å². The lowest BCUT2D eigenvalue weighted by molar-refractivity contribution is 1.42. The molecule has 1 aliphatic rings. The maximum atomic E-state index is 2.31. The second-order valence-electron chi connectivity index (χ2n) is 1.24. The van der Waals surface area contributed by atoms with Gasteiger partial charge in [0.05, 0.1) is 19.0 Å². The second-order valence-corrected chi connectivity index (χ2v) is 3.72. The topological polar surface area (TPSA) is 0 Å². The molecule has 0 aromatic carbocycles. The molecule has 0 saturated heterocycles. The predicted molar refractivity (Wildman–Crippen MR) is 30.3 cm³/mol. The van der Waals surface area contributed by atoms with Crippen molar-refractivity contribution in [3.63, 3.8) is 0 Å². The van der Waals surface area contributed by atoms with Crippen molar-refractivity contribution in [3.8, 4) is 0 Å². The summed E-state index contributed by atoms with van der Waals surface area (Å²) < 4.78 is 0. The molecule has 6 heavy (non-hydrogen) atoms. The summed E-state index contributed by atoms with van der Waals surface area (Å²) in [6.07, 6.45) is 0. The Bertz CT molecular complexity index is 50.6. The fraction of sp³-hybridized carbons (Fsp3) is 0.500. The first-order valence-electron chi connectivity index (χ1n) is 2.12. The van der Waals surface area contributed by atoms with E-state index in [2.05, 4.69) is 11.4 Å². The zero-order valence-electron chi connectivity index (χ0n) is 3.57. The first kappa shape index (κ1) is 4.34. The van der Waals surface area contributed by atoms with Crippen molar-refractivity contribution in [2.75, 3.05) is 0 Å². The highest BCUT2D eigenvalue weighted by atomic mass is 28.2. The Hall–Kier alpha value is 0.174. The smallest absolute Gasteiger partial charge is 0.0690 e. The van der Waals surface area contributed by atoms with Gasteiger partial charge in [0, 0.05) is 0 Å². The lowest BCUT2D eigenvalue weighted by Crippen LogP contribution is -1.95. The van der Waals surface area contributed by atoms with Crippen molar-refractivity contribution in [3.05, 3.63) is 11.4 Å². The standard InChI is InChI=1S/C4H6Si2/c1-2-6-4-3-5-1/h1-2H,3-4H2. The second kappa shape index (κ2) is 2.36. The first-order valence-corrected chi connectivity index (χ1v) is 4.69. The van der Waals surface area contributed by atoms with Crippen LogP contribution >= 0.6 is 0 Å². The lowest BCUT2D eigenvalue weighted by atomic mass is 10.9. The predicted octanol–water partition coefficient (Wildman–Crippen LogP) is 0.716. The number of rotatable bonds is 0. The van der Waals surface area contributed by atoms with E-state index in [0.717, 1.165) is 19.0 Å². The van der Waals surface area contributed by atoms with Crippen LogP contribution in [-0.4, -0.2) is 19.0 Å². The van der Waals surface area contributed by atoms with Gasteiger partial charge in [0.2, 0.25) is 0 Å². The molecule has 0 atom stereocenters. The summed E-state index contributed by atoms with van der Waals surface area (Å²) in [4.78, 5) is 0. The highest BCUT2D eigenvalue weighted by Gasteiger charge is 1.90. The van der Waals surface area contributed by atoms with E-state index in [1.807, 2.05) is 0 Å². The highest BCUT2D eigenvalue weighted by molar-refractivity contribution is 6.54. The van der Waals surface area contributed by atoms with Gasteiger partial charge < -0.3 is 0 Å². The number of hydrogen-bond acceptors (Lipinski definition) is 0. The third-order valence-corrected chi connectivity index (χ3v) is 3.45. The SMILES string of the molecule is C1=C[Si]CC[Si]1. The van der Waals surface area contributed by atoms with Gasteiger partial charge in [-0.05, 0) is 0 Å². The van der Waals surface area contributed by atoms with Crippen LogP contribution in [-0.2, 0) is 0 Å². The van der Waals surface area contributed by atoms with E-state index in [9.17, 15) is 0 Å². The summed E-state index contributed by atoms with van der Waals surface area (Å²) in [6, 6.07) is 2.91. The Kier molecular flexibility index (Phi) is 1.71. The molecule has 0 spiro atoms.